The third kappa shape index (κ3) is 2.26. The zero-order valence-electron chi connectivity index (χ0n) is 9.47. The molecule has 0 atom stereocenters. The summed E-state index contributed by atoms with van der Waals surface area (Å²) < 4.78 is 0. The first-order chi connectivity index (χ1) is 8.81. The van der Waals surface area contributed by atoms with E-state index in [1.54, 1.807) is 6.20 Å². The predicted octanol–water partition coefficient (Wildman–Crippen LogP) is 3.97. The van der Waals surface area contributed by atoms with Crippen LogP contribution in [-0.2, 0) is 0 Å². The van der Waals surface area contributed by atoms with Crippen LogP contribution in [0, 0.1) is 0 Å². The summed E-state index contributed by atoms with van der Waals surface area (Å²) in [6, 6.07) is 13.5. The van der Waals surface area contributed by atoms with E-state index in [0.29, 0.717) is 0 Å². The number of nitrogens with one attached hydrogen (secondary N) is 1. The molecule has 0 saturated heterocycles. The van der Waals surface area contributed by atoms with Gasteiger partial charge in [-0.2, -0.15) is 5.10 Å². The summed E-state index contributed by atoms with van der Waals surface area (Å²) in [7, 11) is 0. The molecule has 1 N–H and O–H groups in total. The number of hydrogen-bond donors (Lipinski definition) is 1. The van der Waals surface area contributed by atoms with E-state index in [1.807, 2.05) is 48.7 Å². The first-order valence-corrected chi connectivity index (χ1v) is 5.92. The first kappa shape index (κ1) is 11.0. The highest BCUT2D eigenvalue weighted by molar-refractivity contribution is 6.30. The molecule has 0 unspecified atom stereocenters. The van der Waals surface area contributed by atoms with Crippen LogP contribution in [-0.4, -0.2) is 16.4 Å². The summed E-state index contributed by atoms with van der Waals surface area (Å²) in [6.07, 6.45) is 3.61. The number of benzene rings is 2. The van der Waals surface area contributed by atoms with Crippen molar-refractivity contribution in [2.75, 3.05) is 0 Å². The number of rotatable bonds is 2. The second kappa shape index (κ2) is 4.63. The highest BCUT2D eigenvalue weighted by atomic mass is 35.5. The molecule has 3 aromatic rings. The maximum absolute atomic E-state index is 5.83. The van der Waals surface area contributed by atoms with Gasteiger partial charge in [-0.25, -0.2) is 0 Å². The standard InChI is InChI=1S/C14H10ClN3/c15-12-3-1-10(2-4-12)8-16-13-5-6-14-11(7-13)9-17-18-14/h1-9H,(H,17,18). The van der Waals surface area contributed by atoms with Crippen molar-refractivity contribution in [3.05, 3.63) is 59.2 Å². The third-order valence-corrected chi connectivity index (χ3v) is 2.91. The highest BCUT2D eigenvalue weighted by Gasteiger charge is 1.96. The lowest BCUT2D eigenvalue weighted by atomic mass is 10.2. The number of hydrogen-bond acceptors (Lipinski definition) is 2. The summed E-state index contributed by atoms with van der Waals surface area (Å²) in [5.74, 6) is 0. The van der Waals surface area contributed by atoms with E-state index < -0.39 is 0 Å². The number of H-pyrrole nitrogens is 1. The quantitative estimate of drug-likeness (QED) is 0.692. The van der Waals surface area contributed by atoms with Crippen molar-refractivity contribution in [1.82, 2.24) is 10.2 Å². The van der Waals surface area contributed by atoms with E-state index in [2.05, 4.69) is 15.2 Å². The first-order valence-electron chi connectivity index (χ1n) is 5.54. The molecule has 0 spiro atoms. The summed E-state index contributed by atoms with van der Waals surface area (Å²) in [5, 5.41) is 8.67. The Morgan fingerprint density at radius 1 is 1.11 bits per heavy atom. The van der Waals surface area contributed by atoms with Gasteiger partial charge in [0, 0.05) is 16.6 Å². The lowest BCUT2D eigenvalue weighted by Gasteiger charge is -1.95. The van der Waals surface area contributed by atoms with E-state index in [0.717, 1.165) is 27.2 Å². The lowest BCUT2D eigenvalue weighted by Crippen LogP contribution is -1.78. The number of nitrogens with zero attached hydrogens (tertiary/aromatic N) is 2. The average Bonchev–Trinajstić information content (AvgIpc) is 2.85. The van der Waals surface area contributed by atoms with Crippen LogP contribution in [0.5, 0.6) is 0 Å². The van der Waals surface area contributed by atoms with E-state index >= 15 is 0 Å². The van der Waals surface area contributed by atoms with Gasteiger partial charge >= 0.3 is 0 Å². The molecule has 0 aliphatic rings. The smallest absolute Gasteiger partial charge is 0.0651 e. The molecule has 3 rings (SSSR count). The van der Waals surface area contributed by atoms with Crippen molar-refractivity contribution in [2.45, 2.75) is 0 Å². The molecule has 0 bridgehead atoms. The van der Waals surface area contributed by atoms with Gasteiger partial charge in [-0.05, 0) is 35.9 Å². The Kier molecular flexibility index (Phi) is 2.82. The predicted molar refractivity (Wildman–Crippen MR) is 74.8 cm³/mol. The van der Waals surface area contributed by atoms with Gasteiger partial charge < -0.3 is 0 Å². The van der Waals surface area contributed by atoms with Crippen LogP contribution in [0.3, 0.4) is 0 Å². The molecular weight excluding hydrogens is 246 g/mol. The minimum atomic E-state index is 0.729. The molecule has 18 heavy (non-hydrogen) atoms. The van der Waals surface area contributed by atoms with Crippen molar-refractivity contribution in [2.24, 2.45) is 4.99 Å². The Morgan fingerprint density at radius 3 is 2.78 bits per heavy atom. The maximum Gasteiger partial charge on any atom is 0.0651 e. The fraction of sp³-hybridized carbons (Fsp3) is 0. The van der Waals surface area contributed by atoms with Gasteiger partial charge in [-0.3, -0.25) is 10.1 Å². The van der Waals surface area contributed by atoms with E-state index in [4.69, 9.17) is 11.6 Å². The summed E-state index contributed by atoms with van der Waals surface area (Å²) in [6.45, 7) is 0. The minimum absolute atomic E-state index is 0.729. The Bertz CT molecular complexity index is 698. The average molecular weight is 256 g/mol. The Balaban J connectivity index is 1.88. The molecule has 2 aromatic carbocycles. The van der Waals surface area contributed by atoms with Crippen molar-refractivity contribution in [3.8, 4) is 0 Å². The van der Waals surface area contributed by atoms with E-state index in [9.17, 15) is 0 Å². The molecule has 1 heterocycles. The maximum atomic E-state index is 5.83. The number of aromatic nitrogens is 2. The van der Waals surface area contributed by atoms with Crippen LogP contribution in [0.25, 0.3) is 10.9 Å². The Morgan fingerprint density at radius 2 is 1.94 bits per heavy atom. The van der Waals surface area contributed by atoms with Gasteiger partial charge in [0.05, 0.1) is 17.4 Å². The van der Waals surface area contributed by atoms with Crippen LogP contribution in [0.4, 0.5) is 5.69 Å². The summed E-state index contributed by atoms with van der Waals surface area (Å²) in [5.41, 5.74) is 2.94. The van der Waals surface area contributed by atoms with E-state index in [-0.39, 0.29) is 0 Å². The fourth-order valence-electron chi connectivity index (χ4n) is 1.71. The fourth-order valence-corrected chi connectivity index (χ4v) is 1.83. The highest BCUT2D eigenvalue weighted by Crippen LogP contribution is 2.19. The van der Waals surface area contributed by atoms with Gasteiger partial charge in [0.25, 0.3) is 0 Å². The van der Waals surface area contributed by atoms with Gasteiger partial charge in [-0.15, -0.1) is 0 Å². The molecule has 0 amide bonds. The van der Waals surface area contributed by atoms with Crippen molar-refractivity contribution >= 4 is 34.4 Å². The number of aliphatic imine (C=N–C) groups is 1. The van der Waals surface area contributed by atoms with Crippen molar-refractivity contribution in [1.29, 1.82) is 0 Å². The summed E-state index contributed by atoms with van der Waals surface area (Å²) >= 11 is 5.83. The van der Waals surface area contributed by atoms with Crippen LogP contribution in [0.1, 0.15) is 5.56 Å². The normalized spacial score (nSPS) is 11.4. The minimum Gasteiger partial charge on any atom is -0.278 e. The Hall–Kier alpha value is -2.13. The van der Waals surface area contributed by atoms with Crippen LogP contribution >= 0.6 is 11.6 Å². The summed E-state index contributed by atoms with van der Waals surface area (Å²) in [4.78, 5) is 4.43. The number of fused-ring (bicyclic) bond motifs is 1. The topological polar surface area (TPSA) is 41.0 Å². The van der Waals surface area contributed by atoms with Crippen molar-refractivity contribution in [3.63, 3.8) is 0 Å². The third-order valence-electron chi connectivity index (χ3n) is 2.66. The van der Waals surface area contributed by atoms with Crippen LogP contribution in [0.15, 0.2) is 53.7 Å². The molecule has 0 aliphatic carbocycles. The zero-order chi connectivity index (χ0) is 12.4. The number of halogens is 1. The molecular formula is C14H10ClN3. The van der Waals surface area contributed by atoms with Gasteiger partial charge in [-0.1, -0.05) is 23.7 Å². The molecule has 0 aliphatic heterocycles. The second-order valence-electron chi connectivity index (χ2n) is 3.95. The van der Waals surface area contributed by atoms with E-state index in [1.165, 1.54) is 0 Å². The second-order valence-corrected chi connectivity index (χ2v) is 4.39. The van der Waals surface area contributed by atoms with Gasteiger partial charge in [0.15, 0.2) is 0 Å². The Labute approximate surface area is 109 Å². The molecule has 0 radical (unpaired) electrons. The molecule has 4 heteroatoms. The monoisotopic (exact) mass is 255 g/mol. The molecule has 88 valence electrons. The SMILES string of the molecule is Clc1ccc(C=Nc2ccc3[nH]ncc3c2)cc1. The van der Waals surface area contributed by atoms with Crippen LogP contribution in [0.2, 0.25) is 5.02 Å². The number of aromatic amines is 1. The molecule has 1 aromatic heterocycles. The van der Waals surface area contributed by atoms with Crippen molar-refractivity contribution < 1.29 is 0 Å². The molecule has 3 nitrogen and oxygen atoms in total. The molecule has 0 saturated carbocycles. The van der Waals surface area contributed by atoms with Crippen LogP contribution < -0.4 is 0 Å². The van der Waals surface area contributed by atoms with Gasteiger partial charge in [0.2, 0.25) is 0 Å². The zero-order valence-corrected chi connectivity index (χ0v) is 10.2. The molecule has 0 fully saturated rings. The van der Waals surface area contributed by atoms with Gasteiger partial charge in [0.1, 0.15) is 0 Å². The largest absolute Gasteiger partial charge is 0.278 e. The lowest BCUT2D eigenvalue weighted by molar-refractivity contribution is 1.12.